The maximum atomic E-state index is 10.5. The molecule has 4 heteroatoms. The number of hydrogen-bond acceptors (Lipinski definition) is 2. The molecule has 0 saturated heterocycles. The Morgan fingerprint density at radius 3 is 2.60 bits per heavy atom. The molecule has 0 unspecified atom stereocenters. The van der Waals surface area contributed by atoms with Gasteiger partial charge in [-0.25, -0.2) is 0 Å². The Bertz CT molecular complexity index is 116. The van der Waals surface area contributed by atoms with Crippen LogP contribution in [0.5, 0.6) is 0 Å². The molecule has 0 saturated carbocycles. The Balaban J connectivity index is 0. The minimum absolute atomic E-state index is 0. The van der Waals surface area contributed by atoms with Gasteiger partial charge in [0.15, 0.2) is 0 Å². The first-order valence-corrected chi connectivity index (χ1v) is 2.72. The van der Waals surface area contributed by atoms with Gasteiger partial charge in [0, 0.05) is 0 Å². The fourth-order valence-corrected chi connectivity index (χ4v) is 0.333. The van der Waals surface area contributed by atoms with Crippen LogP contribution in [0.15, 0.2) is 0 Å². The van der Waals surface area contributed by atoms with Crippen LogP contribution < -0.4 is 5.32 Å². The summed E-state index contributed by atoms with van der Waals surface area (Å²) in [6.45, 7) is 3.33. The van der Waals surface area contributed by atoms with Crippen LogP contribution in [-0.4, -0.2) is 18.2 Å². The normalized spacial score (nSPS) is 10.6. The average Bonchev–Trinajstić information content (AvgIpc) is 1.87. The van der Waals surface area contributed by atoms with E-state index < -0.39 is 0 Å². The summed E-state index contributed by atoms with van der Waals surface area (Å²) >= 11 is 0. The summed E-state index contributed by atoms with van der Waals surface area (Å²) in [5.41, 5.74) is 0. The fourth-order valence-electron chi connectivity index (χ4n) is 0.333. The van der Waals surface area contributed by atoms with Gasteiger partial charge in [-0.1, -0.05) is 13.0 Å². The van der Waals surface area contributed by atoms with E-state index in [2.05, 4.69) is 11.5 Å². The van der Waals surface area contributed by atoms with Crippen molar-refractivity contribution in [3.63, 3.8) is 0 Å². The van der Waals surface area contributed by atoms with Crippen molar-refractivity contribution < 1.29 is 35.9 Å². The molecule has 0 radical (unpaired) electrons. The third-order valence-electron chi connectivity index (χ3n) is 0.837. The predicted molar refractivity (Wildman–Crippen MR) is 35.3 cm³/mol. The van der Waals surface area contributed by atoms with Crippen molar-refractivity contribution in [3.05, 3.63) is 6.42 Å². The van der Waals surface area contributed by atoms with Crippen molar-refractivity contribution in [2.24, 2.45) is 0 Å². The molecule has 0 aliphatic rings. The number of carbonyl (C=O) groups excluding carboxylic acids is 1. The molecule has 0 heterocycles. The van der Waals surface area contributed by atoms with Gasteiger partial charge in [-0.3, -0.25) is 0 Å². The van der Waals surface area contributed by atoms with E-state index in [1.807, 2.05) is 0 Å². The zero-order valence-electron chi connectivity index (χ0n) is 6.06. The minimum atomic E-state index is -0.284. The molecular formula is C6H10N2OU. The third kappa shape index (κ3) is 6.19. The molecule has 0 aromatic heterocycles. The molecule has 0 aromatic rings. The second-order valence-electron chi connectivity index (χ2n) is 1.66. The van der Waals surface area contributed by atoms with E-state index in [1.165, 1.54) is 6.42 Å². The molecule has 54 valence electrons. The number of carbonyl (C=O) groups is 1. The summed E-state index contributed by atoms with van der Waals surface area (Å²) in [4.78, 5) is 10.5. The average molecular weight is 364 g/mol. The molecule has 3 nitrogen and oxygen atoms in total. The Labute approximate surface area is 84.8 Å². The standard InChI is InChI=1S/C6H10N2O.U/c1-3-6(9)8-5(2)4-7;/h3,5,7H,1-2H3,(H,8,9);/q-2;+2/t5-;/m0./s1. The summed E-state index contributed by atoms with van der Waals surface area (Å²) in [6, 6.07) is -0.284. The van der Waals surface area contributed by atoms with Gasteiger partial charge >= 0.3 is 31.1 Å². The molecule has 0 aliphatic carbocycles. The second-order valence-corrected chi connectivity index (χ2v) is 1.66. The zero-order valence-corrected chi connectivity index (χ0v) is 10.2. The molecule has 2 N–H and O–H groups in total. The van der Waals surface area contributed by atoms with Crippen LogP contribution in [0.3, 0.4) is 0 Å². The first-order valence-electron chi connectivity index (χ1n) is 2.72. The summed E-state index contributed by atoms with van der Waals surface area (Å²) in [5.74, 6) is -0.165. The van der Waals surface area contributed by atoms with Crippen molar-refractivity contribution in [2.45, 2.75) is 19.9 Å². The molecule has 1 amide bonds. The van der Waals surface area contributed by atoms with Crippen LogP contribution >= 0.6 is 0 Å². The Morgan fingerprint density at radius 1 is 1.80 bits per heavy atom. The zero-order chi connectivity index (χ0) is 7.28. The van der Waals surface area contributed by atoms with Crippen molar-refractivity contribution in [1.82, 2.24) is 5.32 Å². The molecule has 1 atom stereocenters. The van der Waals surface area contributed by atoms with E-state index in [-0.39, 0.29) is 43.1 Å². The van der Waals surface area contributed by atoms with Crippen LogP contribution in [0.1, 0.15) is 13.8 Å². The van der Waals surface area contributed by atoms with Crippen LogP contribution in [0, 0.1) is 42.9 Å². The predicted octanol–water partition coefficient (Wildman–Crippen LogP) is 0.242. The summed E-state index contributed by atoms with van der Waals surface area (Å²) in [7, 11) is 0. The summed E-state index contributed by atoms with van der Waals surface area (Å²) < 4.78 is 0. The van der Waals surface area contributed by atoms with Crippen LogP contribution in [0.2, 0.25) is 0 Å². The fraction of sp³-hybridized carbons (Fsp3) is 0.500. The monoisotopic (exact) mass is 364 g/mol. The topological polar surface area (TPSA) is 53.0 Å². The maximum Gasteiger partial charge on any atom is 2.00 e. The molecule has 0 bridgehead atoms. The van der Waals surface area contributed by atoms with Gasteiger partial charge in [-0.15, -0.1) is 0 Å². The first kappa shape index (κ1) is 12.7. The van der Waals surface area contributed by atoms with Gasteiger partial charge in [0.2, 0.25) is 0 Å². The minimum Gasteiger partial charge on any atom is -0.517 e. The smallest absolute Gasteiger partial charge is 0.517 e. The van der Waals surface area contributed by atoms with Crippen molar-refractivity contribution in [2.75, 3.05) is 0 Å². The molecule has 0 aliphatic heterocycles. The van der Waals surface area contributed by atoms with Crippen LogP contribution in [0.25, 0.3) is 0 Å². The molecule has 0 fully saturated rings. The van der Waals surface area contributed by atoms with E-state index in [1.54, 1.807) is 13.8 Å². The maximum absolute atomic E-state index is 10.5. The number of rotatable bonds is 3. The Kier molecular flexibility index (Phi) is 9.12. The first-order chi connectivity index (χ1) is 4.20. The third-order valence-corrected chi connectivity index (χ3v) is 0.837. The van der Waals surface area contributed by atoms with Crippen molar-refractivity contribution in [1.29, 1.82) is 5.41 Å². The van der Waals surface area contributed by atoms with Gasteiger partial charge in [0.25, 0.3) is 0 Å². The van der Waals surface area contributed by atoms with Crippen LogP contribution in [-0.2, 0) is 4.79 Å². The Morgan fingerprint density at radius 2 is 2.30 bits per heavy atom. The van der Waals surface area contributed by atoms with Gasteiger partial charge in [-0.05, 0) is 0 Å². The van der Waals surface area contributed by atoms with E-state index in [0.717, 1.165) is 0 Å². The molecule has 10 heavy (non-hydrogen) atoms. The Hall–Kier alpha value is 0.0619. The number of hydrogen-bond donors (Lipinski definition) is 2. The molecule has 0 aromatic carbocycles. The SMILES string of the molecule is C[CH-]C(=O)N[C@@H](C)[C-]=N.[U+2]. The van der Waals surface area contributed by atoms with E-state index >= 15 is 0 Å². The van der Waals surface area contributed by atoms with Gasteiger partial charge in [0.05, 0.1) is 5.91 Å². The second kappa shape index (κ2) is 7.17. The summed E-state index contributed by atoms with van der Waals surface area (Å²) in [5, 5.41) is 9.08. The summed E-state index contributed by atoms with van der Waals surface area (Å²) in [6.07, 6.45) is 3.54. The largest absolute Gasteiger partial charge is 2.00 e. The van der Waals surface area contributed by atoms with Gasteiger partial charge < -0.3 is 28.2 Å². The molecule has 0 spiro atoms. The van der Waals surface area contributed by atoms with E-state index in [4.69, 9.17) is 5.41 Å². The van der Waals surface area contributed by atoms with Crippen LogP contribution in [0.4, 0.5) is 0 Å². The molecular weight excluding hydrogens is 354 g/mol. The van der Waals surface area contributed by atoms with E-state index in [9.17, 15) is 4.79 Å². The van der Waals surface area contributed by atoms with Crippen molar-refractivity contribution >= 4 is 12.1 Å². The van der Waals surface area contributed by atoms with E-state index in [0.29, 0.717) is 0 Å². The van der Waals surface area contributed by atoms with Gasteiger partial charge in [0.1, 0.15) is 0 Å². The van der Waals surface area contributed by atoms with Gasteiger partial charge in [-0.2, -0.15) is 6.92 Å². The molecule has 0 rings (SSSR count). The quantitative estimate of drug-likeness (QED) is 0.547. The van der Waals surface area contributed by atoms with Crippen molar-refractivity contribution in [3.8, 4) is 0 Å². The number of amides is 1. The number of nitrogens with one attached hydrogen (secondary N) is 2.